The van der Waals surface area contributed by atoms with Crippen molar-refractivity contribution in [2.24, 2.45) is 0 Å². The van der Waals surface area contributed by atoms with E-state index in [1.807, 2.05) is 6.92 Å². The van der Waals surface area contributed by atoms with Crippen LogP contribution in [0.25, 0.3) is 0 Å². The van der Waals surface area contributed by atoms with Crippen LogP contribution in [0.3, 0.4) is 0 Å². The van der Waals surface area contributed by atoms with Crippen LogP contribution in [0, 0.1) is 0 Å². The summed E-state index contributed by atoms with van der Waals surface area (Å²) < 4.78 is 7.94. The number of aromatic nitrogens is 3. The van der Waals surface area contributed by atoms with E-state index in [4.69, 9.17) is 4.74 Å². The molecule has 1 aromatic rings. The van der Waals surface area contributed by atoms with Gasteiger partial charge in [-0.3, -0.25) is 9.36 Å². The van der Waals surface area contributed by atoms with Gasteiger partial charge in [0.1, 0.15) is 6.61 Å². The highest BCUT2D eigenvalue weighted by molar-refractivity contribution is 5.77. The predicted molar refractivity (Wildman–Crippen MR) is 64.1 cm³/mol. The minimum atomic E-state index is -0.0781. The van der Waals surface area contributed by atoms with Gasteiger partial charge in [0.25, 0.3) is 0 Å². The predicted octanol–water partition coefficient (Wildman–Crippen LogP) is -0.557. The first-order valence-corrected chi connectivity index (χ1v) is 6.10. The fourth-order valence-electron chi connectivity index (χ4n) is 2.08. The van der Waals surface area contributed by atoms with Crippen molar-refractivity contribution in [1.82, 2.24) is 19.2 Å². The van der Waals surface area contributed by atoms with E-state index in [9.17, 15) is 9.59 Å². The van der Waals surface area contributed by atoms with Crippen molar-refractivity contribution in [3.05, 3.63) is 16.3 Å². The molecule has 1 aliphatic heterocycles. The van der Waals surface area contributed by atoms with Crippen molar-refractivity contribution < 1.29 is 9.53 Å². The summed E-state index contributed by atoms with van der Waals surface area (Å²) in [4.78, 5) is 25.3. The van der Waals surface area contributed by atoms with Crippen LogP contribution in [0.1, 0.15) is 19.2 Å². The summed E-state index contributed by atoms with van der Waals surface area (Å²) in [5.41, 5.74) is -0.0781. The maximum absolute atomic E-state index is 11.9. The average Bonchev–Trinajstić information content (AvgIpc) is 2.67. The van der Waals surface area contributed by atoms with E-state index in [0.717, 1.165) is 6.42 Å². The lowest BCUT2D eigenvalue weighted by Gasteiger charge is -2.26. The van der Waals surface area contributed by atoms with E-state index >= 15 is 0 Å². The average molecular weight is 254 g/mol. The zero-order valence-corrected chi connectivity index (χ0v) is 10.8. The molecule has 7 heteroatoms. The van der Waals surface area contributed by atoms with Crippen molar-refractivity contribution in [2.45, 2.75) is 33.0 Å². The highest BCUT2D eigenvalue weighted by Crippen LogP contribution is 2.08. The highest BCUT2D eigenvalue weighted by atomic mass is 16.5. The Morgan fingerprint density at radius 3 is 2.89 bits per heavy atom. The largest absolute Gasteiger partial charge is 0.375 e. The third kappa shape index (κ3) is 2.31. The summed E-state index contributed by atoms with van der Waals surface area (Å²) in [7, 11) is 1.49. The summed E-state index contributed by atoms with van der Waals surface area (Å²) in [6, 6.07) is 0. The molecule has 2 rings (SSSR count). The van der Waals surface area contributed by atoms with E-state index in [2.05, 4.69) is 5.10 Å². The van der Waals surface area contributed by atoms with E-state index in [-0.39, 0.29) is 18.2 Å². The molecule has 2 heterocycles. The van der Waals surface area contributed by atoms with E-state index in [0.29, 0.717) is 32.0 Å². The van der Waals surface area contributed by atoms with Crippen LogP contribution >= 0.6 is 0 Å². The molecule has 0 saturated carbocycles. The molecule has 7 nitrogen and oxygen atoms in total. The van der Waals surface area contributed by atoms with Gasteiger partial charge in [-0.2, -0.15) is 5.10 Å². The number of hydrogen-bond acceptors (Lipinski definition) is 4. The molecular weight excluding hydrogens is 236 g/mol. The quantitative estimate of drug-likeness (QED) is 0.722. The van der Waals surface area contributed by atoms with Gasteiger partial charge in [-0.05, 0) is 6.42 Å². The van der Waals surface area contributed by atoms with Crippen molar-refractivity contribution in [2.75, 3.05) is 20.3 Å². The number of nitrogens with zero attached hydrogens (tertiary/aromatic N) is 4. The molecule has 100 valence electrons. The molecule has 1 aliphatic rings. The van der Waals surface area contributed by atoms with Gasteiger partial charge in [0.05, 0.1) is 6.54 Å². The Bertz CT molecular complexity index is 491. The Kier molecular flexibility index (Phi) is 3.81. The van der Waals surface area contributed by atoms with Crippen molar-refractivity contribution in [1.29, 1.82) is 0 Å². The summed E-state index contributed by atoms with van der Waals surface area (Å²) >= 11 is 0. The zero-order valence-electron chi connectivity index (χ0n) is 10.8. The Morgan fingerprint density at radius 2 is 2.22 bits per heavy atom. The lowest BCUT2D eigenvalue weighted by Crippen LogP contribution is -2.42. The Morgan fingerprint density at radius 1 is 1.44 bits per heavy atom. The molecule has 0 atom stereocenters. The molecule has 0 saturated heterocycles. The number of methoxy groups -OCH3 is 1. The van der Waals surface area contributed by atoms with Crippen molar-refractivity contribution >= 4 is 5.91 Å². The molecule has 0 radical (unpaired) electrons. The lowest BCUT2D eigenvalue weighted by atomic mass is 10.3. The monoisotopic (exact) mass is 254 g/mol. The molecule has 1 aromatic heterocycles. The fraction of sp³-hybridized carbons (Fsp3) is 0.727. The van der Waals surface area contributed by atoms with Crippen LogP contribution in [-0.4, -0.2) is 45.4 Å². The first kappa shape index (κ1) is 12.8. The van der Waals surface area contributed by atoms with Crippen LogP contribution in [0.5, 0.6) is 0 Å². The lowest BCUT2D eigenvalue weighted by molar-refractivity contribution is -0.136. The first-order chi connectivity index (χ1) is 8.67. The molecule has 1 amide bonds. The molecule has 0 bridgehead atoms. The highest BCUT2D eigenvalue weighted by Gasteiger charge is 2.24. The molecule has 0 fully saturated rings. The standard InChI is InChI=1S/C11H18N4O3/c1-3-4-15-11(17)14-6-5-13(7-9(14)12-15)10(16)8-18-2/h3-8H2,1-2H3. The summed E-state index contributed by atoms with van der Waals surface area (Å²) in [5.74, 6) is 0.588. The normalized spacial score (nSPS) is 14.7. The van der Waals surface area contributed by atoms with Gasteiger partial charge in [-0.15, -0.1) is 0 Å². The number of carbonyl (C=O) groups excluding carboxylic acids is 1. The van der Waals surface area contributed by atoms with Crippen LogP contribution in [-0.2, 0) is 29.2 Å². The van der Waals surface area contributed by atoms with Crippen LogP contribution in [0.15, 0.2) is 4.79 Å². The molecule has 0 N–H and O–H groups in total. The minimum absolute atomic E-state index is 0.0683. The molecule has 0 unspecified atom stereocenters. The van der Waals surface area contributed by atoms with Gasteiger partial charge in [0.2, 0.25) is 5.91 Å². The maximum atomic E-state index is 11.9. The molecular formula is C11H18N4O3. The first-order valence-electron chi connectivity index (χ1n) is 6.10. The number of hydrogen-bond donors (Lipinski definition) is 0. The smallest absolute Gasteiger partial charge is 0.346 e. The third-order valence-electron chi connectivity index (χ3n) is 2.98. The van der Waals surface area contributed by atoms with Gasteiger partial charge in [0, 0.05) is 26.7 Å². The van der Waals surface area contributed by atoms with E-state index in [1.54, 1.807) is 9.47 Å². The topological polar surface area (TPSA) is 69.4 Å². The van der Waals surface area contributed by atoms with Gasteiger partial charge >= 0.3 is 5.69 Å². The Hall–Kier alpha value is -1.63. The summed E-state index contributed by atoms with van der Waals surface area (Å²) in [6.45, 7) is 4.11. The minimum Gasteiger partial charge on any atom is -0.375 e. The number of aryl methyl sites for hydroxylation is 1. The second kappa shape index (κ2) is 5.34. The van der Waals surface area contributed by atoms with E-state index in [1.165, 1.54) is 11.8 Å². The van der Waals surface area contributed by atoms with Crippen molar-refractivity contribution in [3.8, 4) is 0 Å². The van der Waals surface area contributed by atoms with Gasteiger partial charge < -0.3 is 9.64 Å². The van der Waals surface area contributed by atoms with Crippen molar-refractivity contribution in [3.63, 3.8) is 0 Å². The Balaban J connectivity index is 2.17. The second-order valence-electron chi connectivity index (χ2n) is 4.32. The van der Waals surface area contributed by atoms with Crippen LogP contribution < -0.4 is 5.69 Å². The number of fused-ring (bicyclic) bond motifs is 1. The van der Waals surface area contributed by atoms with Gasteiger partial charge in [-0.1, -0.05) is 6.92 Å². The summed E-state index contributed by atoms with van der Waals surface area (Å²) in [6.07, 6.45) is 0.864. The Labute approximate surface area is 105 Å². The third-order valence-corrected chi connectivity index (χ3v) is 2.98. The molecule has 0 spiro atoms. The molecule has 0 aliphatic carbocycles. The molecule has 18 heavy (non-hydrogen) atoms. The number of amides is 1. The second-order valence-corrected chi connectivity index (χ2v) is 4.32. The SMILES string of the molecule is CCCn1nc2n(c1=O)CCN(C(=O)COC)C2. The van der Waals surface area contributed by atoms with E-state index < -0.39 is 0 Å². The fourth-order valence-corrected chi connectivity index (χ4v) is 2.08. The summed E-state index contributed by atoms with van der Waals surface area (Å²) in [5, 5.41) is 4.27. The van der Waals surface area contributed by atoms with Crippen LogP contribution in [0.2, 0.25) is 0 Å². The maximum Gasteiger partial charge on any atom is 0.346 e. The van der Waals surface area contributed by atoms with Gasteiger partial charge in [0.15, 0.2) is 5.82 Å². The number of carbonyl (C=O) groups is 1. The zero-order chi connectivity index (χ0) is 13.1. The number of ether oxygens (including phenoxy) is 1. The van der Waals surface area contributed by atoms with Gasteiger partial charge in [-0.25, -0.2) is 9.48 Å². The van der Waals surface area contributed by atoms with Crippen LogP contribution in [0.4, 0.5) is 0 Å². The molecule has 0 aromatic carbocycles. The number of rotatable bonds is 4.